The summed E-state index contributed by atoms with van der Waals surface area (Å²) in [6, 6.07) is 15.3. The highest BCUT2D eigenvalue weighted by Gasteiger charge is 2.04. The highest BCUT2D eigenvalue weighted by molar-refractivity contribution is 5.89. The van der Waals surface area contributed by atoms with Crippen LogP contribution in [0.15, 0.2) is 48.5 Å². The standard InChI is InChI=1S/C13H11N3O/c14-13-11-8-10(6-7-12(11)15-16-13)17-9-4-2-1-3-5-9/h1-8H,(H3,14,15,16). The van der Waals surface area contributed by atoms with Gasteiger partial charge in [-0.15, -0.1) is 0 Å². The van der Waals surface area contributed by atoms with Gasteiger partial charge in [0.1, 0.15) is 11.5 Å². The first-order valence-electron chi connectivity index (χ1n) is 5.29. The summed E-state index contributed by atoms with van der Waals surface area (Å²) in [5.41, 5.74) is 6.65. The van der Waals surface area contributed by atoms with E-state index in [2.05, 4.69) is 10.2 Å². The number of para-hydroxylation sites is 1. The zero-order chi connectivity index (χ0) is 11.7. The number of benzene rings is 2. The number of rotatable bonds is 2. The summed E-state index contributed by atoms with van der Waals surface area (Å²) >= 11 is 0. The second-order valence-electron chi connectivity index (χ2n) is 3.73. The van der Waals surface area contributed by atoms with Crippen LogP contribution in [0.2, 0.25) is 0 Å². The summed E-state index contributed by atoms with van der Waals surface area (Å²) in [6.07, 6.45) is 0. The predicted molar refractivity (Wildman–Crippen MR) is 67.0 cm³/mol. The first-order valence-corrected chi connectivity index (χ1v) is 5.29. The number of nitrogen functional groups attached to an aromatic ring is 1. The van der Waals surface area contributed by atoms with Crippen molar-refractivity contribution in [2.24, 2.45) is 0 Å². The van der Waals surface area contributed by atoms with Crippen LogP contribution in [0.1, 0.15) is 0 Å². The molecule has 1 heterocycles. The van der Waals surface area contributed by atoms with Gasteiger partial charge in [0.25, 0.3) is 0 Å². The Kier molecular flexibility index (Phi) is 2.19. The van der Waals surface area contributed by atoms with Crippen molar-refractivity contribution in [1.29, 1.82) is 0 Å². The third-order valence-corrected chi connectivity index (χ3v) is 2.54. The van der Waals surface area contributed by atoms with Gasteiger partial charge in [0.2, 0.25) is 0 Å². The van der Waals surface area contributed by atoms with Crippen LogP contribution in [-0.2, 0) is 0 Å². The predicted octanol–water partition coefficient (Wildman–Crippen LogP) is 2.94. The topological polar surface area (TPSA) is 63.9 Å². The van der Waals surface area contributed by atoms with Crippen molar-refractivity contribution in [3.8, 4) is 11.5 Å². The maximum atomic E-state index is 5.74. The molecule has 0 aliphatic carbocycles. The fourth-order valence-corrected chi connectivity index (χ4v) is 1.70. The summed E-state index contributed by atoms with van der Waals surface area (Å²) < 4.78 is 5.71. The third-order valence-electron chi connectivity index (χ3n) is 2.54. The monoisotopic (exact) mass is 225 g/mol. The van der Waals surface area contributed by atoms with Crippen molar-refractivity contribution in [1.82, 2.24) is 10.2 Å². The minimum Gasteiger partial charge on any atom is -0.457 e. The van der Waals surface area contributed by atoms with E-state index in [0.717, 1.165) is 22.4 Å². The number of nitrogens with two attached hydrogens (primary N) is 1. The zero-order valence-corrected chi connectivity index (χ0v) is 9.05. The average Bonchev–Trinajstić information content (AvgIpc) is 2.73. The van der Waals surface area contributed by atoms with Crippen LogP contribution in [-0.4, -0.2) is 10.2 Å². The Balaban J connectivity index is 1.98. The molecule has 2 aromatic carbocycles. The van der Waals surface area contributed by atoms with Crippen LogP contribution in [0.4, 0.5) is 5.82 Å². The number of fused-ring (bicyclic) bond motifs is 1. The molecule has 0 saturated heterocycles. The lowest BCUT2D eigenvalue weighted by atomic mass is 10.2. The fraction of sp³-hybridized carbons (Fsp3) is 0. The molecule has 0 radical (unpaired) electrons. The normalized spacial score (nSPS) is 10.6. The molecular weight excluding hydrogens is 214 g/mol. The molecule has 0 unspecified atom stereocenters. The summed E-state index contributed by atoms with van der Waals surface area (Å²) in [6.45, 7) is 0. The van der Waals surface area contributed by atoms with Gasteiger partial charge in [-0.2, -0.15) is 5.10 Å². The molecule has 4 heteroatoms. The fourth-order valence-electron chi connectivity index (χ4n) is 1.70. The summed E-state index contributed by atoms with van der Waals surface area (Å²) in [5, 5.41) is 7.66. The van der Waals surface area contributed by atoms with Gasteiger partial charge in [-0.1, -0.05) is 18.2 Å². The highest BCUT2D eigenvalue weighted by Crippen LogP contribution is 2.26. The first kappa shape index (κ1) is 9.72. The minimum atomic E-state index is 0.485. The number of hydrogen-bond acceptors (Lipinski definition) is 3. The molecule has 0 aliphatic rings. The molecule has 0 amide bonds. The Hall–Kier alpha value is -2.49. The molecule has 4 nitrogen and oxygen atoms in total. The van der Waals surface area contributed by atoms with Crippen LogP contribution in [0, 0.1) is 0 Å². The van der Waals surface area contributed by atoms with Crippen molar-refractivity contribution in [2.45, 2.75) is 0 Å². The summed E-state index contributed by atoms with van der Waals surface area (Å²) in [5.74, 6) is 2.03. The van der Waals surface area contributed by atoms with E-state index in [0.29, 0.717) is 5.82 Å². The SMILES string of the molecule is Nc1n[nH]c2ccc(Oc3ccccc3)cc12. The number of aromatic nitrogens is 2. The molecular formula is C13H11N3O. The second kappa shape index (κ2) is 3.83. The molecule has 0 spiro atoms. The van der Waals surface area contributed by atoms with E-state index in [9.17, 15) is 0 Å². The number of nitrogens with one attached hydrogen (secondary N) is 1. The maximum absolute atomic E-state index is 5.74. The van der Waals surface area contributed by atoms with Crippen LogP contribution in [0.5, 0.6) is 11.5 Å². The molecule has 0 fully saturated rings. The Morgan fingerprint density at radius 3 is 2.65 bits per heavy atom. The van der Waals surface area contributed by atoms with E-state index in [1.807, 2.05) is 48.5 Å². The van der Waals surface area contributed by atoms with Gasteiger partial charge >= 0.3 is 0 Å². The molecule has 3 N–H and O–H groups in total. The van der Waals surface area contributed by atoms with Crippen LogP contribution >= 0.6 is 0 Å². The van der Waals surface area contributed by atoms with Crippen LogP contribution < -0.4 is 10.5 Å². The molecule has 0 saturated carbocycles. The van der Waals surface area contributed by atoms with E-state index in [4.69, 9.17) is 10.5 Å². The Morgan fingerprint density at radius 1 is 1.00 bits per heavy atom. The Labute approximate surface area is 98.0 Å². The second-order valence-corrected chi connectivity index (χ2v) is 3.73. The van der Waals surface area contributed by atoms with E-state index in [1.54, 1.807) is 0 Å². The van der Waals surface area contributed by atoms with Crippen molar-refractivity contribution in [3.63, 3.8) is 0 Å². The minimum absolute atomic E-state index is 0.485. The molecule has 0 bridgehead atoms. The molecule has 0 atom stereocenters. The number of aromatic amines is 1. The van der Waals surface area contributed by atoms with Crippen LogP contribution in [0.3, 0.4) is 0 Å². The molecule has 3 rings (SSSR count). The maximum Gasteiger partial charge on any atom is 0.153 e. The van der Waals surface area contributed by atoms with Gasteiger partial charge in [0.05, 0.1) is 5.52 Å². The Morgan fingerprint density at radius 2 is 1.82 bits per heavy atom. The van der Waals surface area contributed by atoms with Crippen LogP contribution in [0.25, 0.3) is 10.9 Å². The van der Waals surface area contributed by atoms with Gasteiger partial charge in [-0.25, -0.2) is 0 Å². The van der Waals surface area contributed by atoms with E-state index in [1.165, 1.54) is 0 Å². The zero-order valence-electron chi connectivity index (χ0n) is 9.05. The lowest BCUT2D eigenvalue weighted by Gasteiger charge is -2.05. The Bertz CT molecular complexity index is 646. The smallest absolute Gasteiger partial charge is 0.153 e. The quantitative estimate of drug-likeness (QED) is 0.704. The van der Waals surface area contributed by atoms with Crippen molar-refractivity contribution in [3.05, 3.63) is 48.5 Å². The number of nitrogens with zero attached hydrogens (tertiary/aromatic N) is 1. The van der Waals surface area contributed by atoms with Gasteiger partial charge in [0.15, 0.2) is 5.82 Å². The summed E-state index contributed by atoms with van der Waals surface area (Å²) in [7, 11) is 0. The average molecular weight is 225 g/mol. The van der Waals surface area contributed by atoms with Crippen molar-refractivity contribution >= 4 is 16.7 Å². The van der Waals surface area contributed by atoms with E-state index in [-0.39, 0.29) is 0 Å². The molecule has 0 aliphatic heterocycles. The lowest BCUT2D eigenvalue weighted by molar-refractivity contribution is 0.483. The highest BCUT2D eigenvalue weighted by atomic mass is 16.5. The number of hydrogen-bond donors (Lipinski definition) is 2. The molecule has 84 valence electrons. The van der Waals surface area contributed by atoms with Gasteiger partial charge in [-0.3, -0.25) is 5.10 Å². The summed E-state index contributed by atoms with van der Waals surface area (Å²) in [4.78, 5) is 0. The largest absolute Gasteiger partial charge is 0.457 e. The van der Waals surface area contributed by atoms with Crippen molar-refractivity contribution in [2.75, 3.05) is 5.73 Å². The van der Waals surface area contributed by atoms with Gasteiger partial charge in [-0.05, 0) is 30.3 Å². The third kappa shape index (κ3) is 1.80. The number of ether oxygens (including phenoxy) is 1. The van der Waals surface area contributed by atoms with E-state index < -0.39 is 0 Å². The lowest BCUT2D eigenvalue weighted by Crippen LogP contribution is -1.85. The molecule has 17 heavy (non-hydrogen) atoms. The molecule has 1 aromatic heterocycles. The van der Waals surface area contributed by atoms with Gasteiger partial charge < -0.3 is 10.5 Å². The number of H-pyrrole nitrogens is 1. The first-order chi connectivity index (χ1) is 8.33. The van der Waals surface area contributed by atoms with E-state index >= 15 is 0 Å². The van der Waals surface area contributed by atoms with Crippen molar-refractivity contribution < 1.29 is 4.74 Å². The van der Waals surface area contributed by atoms with Gasteiger partial charge in [0, 0.05) is 5.39 Å². The number of anilines is 1. The molecule has 3 aromatic rings.